The highest BCUT2D eigenvalue weighted by atomic mass is 32.1. The summed E-state index contributed by atoms with van der Waals surface area (Å²) < 4.78 is 10.4. The van der Waals surface area contributed by atoms with E-state index < -0.39 is 0 Å². The predicted octanol–water partition coefficient (Wildman–Crippen LogP) is 4.00. The van der Waals surface area contributed by atoms with E-state index in [1.165, 1.54) is 24.2 Å². The highest BCUT2D eigenvalue weighted by Gasteiger charge is 2.18. The average molecular weight is 442 g/mol. The minimum absolute atomic E-state index is 0.114. The molecule has 1 unspecified atom stereocenters. The number of likely N-dealkylation sites (tertiary alicyclic amines) is 1. The number of thiazole rings is 1. The van der Waals surface area contributed by atoms with Crippen LogP contribution in [0.1, 0.15) is 37.8 Å². The second-order valence-electron chi connectivity index (χ2n) is 7.91. The lowest BCUT2D eigenvalue weighted by Crippen LogP contribution is -2.33. The van der Waals surface area contributed by atoms with E-state index in [1.807, 2.05) is 29.6 Å². The van der Waals surface area contributed by atoms with E-state index in [4.69, 9.17) is 9.26 Å². The molecule has 1 aromatic carbocycles. The molecule has 3 aromatic rings. The van der Waals surface area contributed by atoms with E-state index in [2.05, 4.69) is 32.3 Å². The van der Waals surface area contributed by atoms with E-state index in [-0.39, 0.29) is 12.3 Å². The van der Waals surface area contributed by atoms with Crippen molar-refractivity contribution in [3.8, 4) is 17.1 Å². The normalized spacial score (nSPS) is 16.9. The summed E-state index contributed by atoms with van der Waals surface area (Å²) in [6.07, 6.45) is 3.17. The molecule has 1 N–H and O–H groups in total. The molecule has 1 saturated heterocycles. The van der Waals surface area contributed by atoms with Crippen LogP contribution in [0.3, 0.4) is 0 Å². The second kappa shape index (κ2) is 10.0. The van der Waals surface area contributed by atoms with E-state index in [1.54, 1.807) is 7.11 Å². The summed E-state index contributed by atoms with van der Waals surface area (Å²) in [4.78, 5) is 23.7. The van der Waals surface area contributed by atoms with Gasteiger partial charge in [0.15, 0.2) is 5.13 Å². The fraction of sp³-hybridized carbons (Fsp3) is 0.455. The summed E-state index contributed by atoms with van der Waals surface area (Å²) in [5, 5.41) is 9.53. The number of anilines is 1. The monoisotopic (exact) mass is 441 g/mol. The molecule has 2 aromatic heterocycles. The minimum Gasteiger partial charge on any atom is -0.497 e. The van der Waals surface area contributed by atoms with Gasteiger partial charge < -0.3 is 14.6 Å². The number of nitrogens with zero attached hydrogens (tertiary/aromatic N) is 4. The highest BCUT2D eigenvalue weighted by molar-refractivity contribution is 7.13. The van der Waals surface area contributed by atoms with Crippen LogP contribution in [0.2, 0.25) is 0 Å². The van der Waals surface area contributed by atoms with Crippen LogP contribution in [0, 0.1) is 5.92 Å². The fourth-order valence-corrected chi connectivity index (χ4v) is 4.43. The third kappa shape index (κ3) is 5.89. The molecular formula is C22H27N5O3S. The maximum Gasteiger partial charge on any atom is 0.227 e. The van der Waals surface area contributed by atoms with Crippen molar-refractivity contribution in [1.29, 1.82) is 0 Å². The number of benzene rings is 1. The number of carbonyl (C=O) groups is 1. The number of ether oxygens (including phenoxy) is 1. The molecule has 4 rings (SSSR count). The maximum atomic E-state index is 12.3. The van der Waals surface area contributed by atoms with Crippen molar-refractivity contribution >= 4 is 22.4 Å². The van der Waals surface area contributed by atoms with Crippen molar-refractivity contribution in [2.45, 2.75) is 39.2 Å². The molecule has 1 amide bonds. The number of carbonyl (C=O) groups excluding carboxylic acids is 1. The summed E-state index contributed by atoms with van der Waals surface area (Å²) >= 11 is 1.46. The summed E-state index contributed by atoms with van der Waals surface area (Å²) in [7, 11) is 1.62. The molecule has 31 heavy (non-hydrogen) atoms. The summed E-state index contributed by atoms with van der Waals surface area (Å²) in [6.45, 7) is 5.36. The van der Waals surface area contributed by atoms with Crippen LogP contribution < -0.4 is 10.1 Å². The molecule has 1 atom stereocenters. The van der Waals surface area contributed by atoms with Gasteiger partial charge in [-0.2, -0.15) is 4.98 Å². The number of hydrogen-bond donors (Lipinski definition) is 1. The zero-order valence-corrected chi connectivity index (χ0v) is 18.7. The Kier molecular flexibility index (Phi) is 6.93. The Morgan fingerprint density at radius 1 is 1.32 bits per heavy atom. The van der Waals surface area contributed by atoms with Gasteiger partial charge in [0.2, 0.25) is 17.6 Å². The van der Waals surface area contributed by atoms with Gasteiger partial charge in [0.25, 0.3) is 0 Å². The van der Waals surface area contributed by atoms with E-state index >= 15 is 0 Å². The van der Waals surface area contributed by atoms with Crippen LogP contribution in [0.4, 0.5) is 5.13 Å². The van der Waals surface area contributed by atoms with Gasteiger partial charge in [0.05, 0.1) is 12.8 Å². The Morgan fingerprint density at radius 3 is 2.94 bits per heavy atom. The zero-order chi connectivity index (χ0) is 21.6. The van der Waals surface area contributed by atoms with Gasteiger partial charge in [-0.1, -0.05) is 12.1 Å². The number of aromatic nitrogens is 3. The lowest BCUT2D eigenvalue weighted by atomic mass is 10.0. The van der Waals surface area contributed by atoms with E-state index in [0.29, 0.717) is 23.3 Å². The molecule has 0 aliphatic carbocycles. The SMILES string of the molecule is COc1ccc(-c2noc(CCC(=O)Nc3nc(CN4CCCC(C)C4)cs3)n2)cc1. The van der Waals surface area contributed by atoms with Crippen molar-refractivity contribution in [3.63, 3.8) is 0 Å². The first-order chi connectivity index (χ1) is 15.1. The van der Waals surface area contributed by atoms with Gasteiger partial charge in [-0.05, 0) is 49.6 Å². The van der Waals surface area contributed by atoms with Crippen LogP contribution in [-0.4, -0.2) is 46.1 Å². The summed E-state index contributed by atoms with van der Waals surface area (Å²) in [5.41, 5.74) is 1.84. The highest BCUT2D eigenvalue weighted by Crippen LogP contribution is 2.22. The molecule has 9 heteroatoms. The molecule has 3 heterocycles. The number of amides is 1. The Morgan fingerprint density at radius 2 is 2.16 bits per heavy atom. The lowest BCUT2D eigenvalue weighted by Gasteiger charge is -2.30. The molecule has 0 spiro atoms. The predicted molar refractivity (Wildman–Crippen MR) is 119 cm³/mol. The second-order valence-corrected chi connectivity index (χ2v) is 8.77. The standard InChI is InChI=1S/C22H27N5O3S/c1-15-4-3-11-27(12-15)13-17-14-31-22(23-17)24-19(28)9-10-20-25-21(26-30-20)16-5-7-18(29-2)8-6-16/h5-8,14-15H,3-4,9-13H2,1-2H3,(H,23,24,28). The number of aryl methyl sites for hydroxylation is 1. The van der Waals surface area contributed by atoms with Gasteiger partial charge >= 0.3 is 0 Å². The fourth-order valence-electron chi connectivity index (χ4n) is 3.71. The van der Waals surface area contributed by atoms with Gasteiger partial charge in [0.1, 0.15) is 5.75 Å². The lowest BCUT2D eigenvalue weighted by molar-refractivity contribution is -0.116. The molecule has 8 nitrogen and oxygen atoms in total. The van der Waals surface area contributed by atoms with E-state index in [9.17, 15) is 4.79 Å². The first-order valence-electron chi connectivity index (χ1n) is 10.5. The van der Waals surface area contributed by atoms with E-state index in [0.717, 1.165) is 42.6 Å². The number of methoxy groups -OCH3 is 1. The van der Waals surface area contributed by atoms with Crippen LogP contribution in [0.5, 0.6) is 5.75 Å². The molecule has 0 bridgehead atoms. The Labute approximate surface area is 185 Å². The summed E-state index contributed by atoms with van der Waals surface area (Å²) in [5.74, 6) is 2.31. The number of hydrogen-bond acceptors (Lipinski definition) is 8. The molecule has 1 fully saturated rings. The largest absolute Gasteiger partial charge is 0.497 e. The molecule has 0 saturated carbocycles. The van der Waals surface area contributed by atoms with Gasteiger partial charge in [-0.15, -0.1) is 11.3 Å². The molecule has 164 valence electrons. The van der Waals surface area contributed by atoms with Crippen LogP contribution in [0.25, 0.3) is 11.4 Å². The van der Waals surface area contributed by atoms with Crippen molar-refractivity contribution in [1.82, 2.24) is 20.0 Å². The number of piperidine rings is 1. The third-order valence-electron chi connectivity index (χ3n) is 5.31. The molecule has 1 aliphatic rings. The van der Waals surface area contributed by atoms with Crippen LogP contribution in [-0.2, 0) is 17.8 Å². The van der Waals surface area contributed by atoms with Crippen LogP contribution in [0.15, 0.2) is 34.2 Å². The quantitative estimate of drug-likeness (QED) is 0.564. The Balaban J connectivity index is 1.25. The first kappa shape index (κ1) is 21.5. The maximum absolute atomic E-state index is 12.3. The van der Waals surface area contributed by atoms with Gasteiger partial charge in [-0.3, -0.25) is 9.69 Å². The average Bonchev–Trinajstić information content (AvgIpc) is 3.42. The first-order valence-corrected chi connectivity index (χ1v) is 11.4. The van der Waals surface area contributed by atoms with Gasteiger partial charge in [0, 0.05) is 36.9 Å². The van der Waals surface area contributed by atoms with Crippen molar-refractivity contribution < 1.29 is 14.1 Å². The molecule has 0 radical (unpaired) electrons. The summed E-state index contributed by atoms with van der Waals surface area (Å²) in [6, 6.07) is 7.41. The Hall–Kier alpha value is -2.78. The van der Waals surface area contributed by atoms with Crippen molar-refractivity contribution in [3.05, 3.63) is 41.2 Å². The zero-order valence-electron chi connectivity index (χ0n) is 17.8. The Bertz CT molecular complexity index is 1000. The van der Waals surface area contributed by atoms with Crippen molar-refractivity contribution in [2.75, 3.05) is 25.5 Å². The van der Waals surface area contributed by atoms with Gasteiger partial charge in [-0.25, -0.2) is 4.98 Å². The minimum atomic E-state index is -0.114. The number of rotatable bonds is 8. The number of nitrogens with one attached hydrogen (secondary N) is 1. The molecular weight excluding hydrogens is 414 g/mol. The van der Waals surface area contributed by atoms with Crippen molar-refractivity contribution in [2.24, 2.45) is 5.92 Å². The van der Waals surface area contributed by atoms with Crippen LogP contribution >= 0.6 is 11.3 Å². The smallest absolute Gasteiger partial charge is 0.227 e. The topological polar surface area (TPSA) is 93.4 Å². The molecule has 1 aliphatic heterocycles. The third-order valence-corrected chi connectivity index (χ3v) is 6.11.